The Kier molecular flexibility index (Phi) is 6.31. The number of ether oxygens (including phenoxy) is 2. The summed E-state index contributed by atoms with van der Waals surface area (Å²) in [5.74, 6) is 0.761. The molecular weight excluding hydrogens is 420 g/mol. The van der Waals surface area contributed by atoms with Crippen LogP contribution in [0.2, 0.25) is 0 Å². The second-order valence-electron chi connectivity index (χ2n) is 6.46. The molecule has 0 spiro atoms. The maximum absolute atomic E-state index is 12.2. The van der Waals surface area contributed by atoms with Gasteiger partial charge >= 0.3 is 6.09 Å². The topological polar surface area (TPSA) is 42.7 Å². The Morgan fingerprint density at radius 3 is 2.29 bits per heavy atom. The van der Waals surface area contributed by atoms with Crippen molar-refractivity contribution in [2.75, 3.05) is 18.6 Å². The molecule has 28 heavy (non-hydrogen) atoms. The van der Waals surface area contributed by atoms with E-state index in [1.54, 1.807) is 12.0 Å². The van der Waals surface area contributed by atoms with E-state index in [0.29, 0.717) is 13.1 Å². The van der Waals surface area contributed by atoms with Crippen LogP contribution in [0.25, 0.3) is 11.1 Å². The van der Waals surface area contributed by atoms with Gasteiger partial charge in [-0.25, -0.2) is 9.36 Å². The lowest BCUT2D eigenvalue weighted by molar-refractivity contribution is -0.702. The van der Waals surface area contributed by atoms with E-state index in [2.05, 4.69) is 24.3 Å². The molecule has 1 amide bonds. The van der Waals surface area contributed by atoms with Gasteiger partial charge in [0.05, 0.1) is 13.7 Å². The lowest BCUT2D eigenvalue weighted by Gasteiger charge is -2.12. The molecule has 1 aliphatic heterocycles. The highest BCUT2D eigenvalue weighted by Crippen LogP contribution is 2.24. The molecule has 6 heteroatoms. The van der Waals surface area contributed by atoms with Crippen molar-refractivity contribution in [1.29, 1.82) is 0 Å². The molecule has 1 fully saturated rings. The second kappa shape index (κ2) is 8.89. The molecule has 5 nitrogen and oxygen atoms in total. The zero-order valence-corrected chi connectivity index (χ0v) is 17.1. The fourth-order valence-corrected chi connectivity index (χ4v) is 3.23. The van der Waals surface area contributed by atoms with Crippen molar-refractivity contribution in [2.45, 2.75) is 12.6 Å². The van der Waals surface area contributed by atoms with Gasteiger partial charge in [-0.1, -0.05) is 30.3 Å². The van der Waals surface area contributed by atoms with Gasteiger partial charge in [-0.15, -0.1) is 0 Å². The van der Waals surface area contributed by atoms with Gasteiger partial charge in [0.1, 0.15) is 5.75 Å². The summed E-state index contributed by atoms with van der Waals surface area (Å²) in [6.07, 6.45) is 3.54. The summed E-state index contributed by atoms with van der Waals surface area (Å²) in [6, 6.07) is 21.8. The summed E-state index contributed by atoms with van der Waals surface area (Å²) >= 11 is 0. The number of amides is 1. The predicted molar refractivity (Wildman–Crippen MR) is 103 cm³/mol. The van der Waals surface area contributed by atoms with Crippen LogP contribution < -0.4 is 31.2 Å². The molecule has 0 radical (unpaired) electrons. The number of carbonyl (C=O) groups excluding carboxylic acids is 1. The van der Waals surface area contributed by atoms with Crippen LogP contribution in [-0.2, 0) is 11.3 Å². The lowest BCUT2D eigenvalue weighted by atomic mass is 10.1. The number of hydrogen-bond donors (Lipinski definition) is 0. The number of pyridine rings is 1. The smallest absolute Gasteiger partial charge is 0.414 e. The molecule has 144 valence electrons. The van der Waals surface area contributed by atoms with Crippen LogP contribution in [0, 0.1) is 0 Å². The molecule has 0 bridgehead atoms. The number of hydrogen-bond acceptors (Lipinski definition) is 3. The average Bonchev–Trinajstić information content (AvgIpc) is 3.09. The number of rotatable bonds is 5. The van der Waals surface area contributed by atoms with E-state index >= 15 is 0 Å². The maximum Gasteiger partial charge on any atom is 0.414 e. The van der Waals surface area contributed by atoms with Gasteiger partial charge in [0, 0.05) is 17.8 Å². The van der Waals surface area contributed by atoms with Crippen LogP contribution >= 0.6 is 0 Å². The van der Waals surface area contributed by atoms with E-state index in [-0.39, 0.29) is 29.2 Å². The van der Waals surface area contributed by atoms with Crippen molar-refractivity contribution in [2.24, 2.45) is 0 Å². The minimum Gasteiger partial charge on any atom is -1.00 e. The normalized spacial score (nSPS) is 15.7. The number of carbonyl (C=O) groups is 1. The molecule has 3 aromatic rings. The molecular formula is C22H21BrN2O3. The quantitative estimate of drug-likeness (QED) is 0.548. The highest BCUT2D eigenvalue weighted by molar-refractivity contribution is 5.89. The van der Waals surface area contributed by atoms with E-state index in [1.807, 2.05) is 59.4 Å². The van der Waals surface area contributed by atoms with Gasteiger partial charge in [0.2, 0.25) is 0 Å². The van der Waals surface area contributed by atoms with Crippen molar-refractivity contribution >= 4 is 11.8 Å². The van der Waals surface area contributed by atoms with E-state index in [0.717, 1.165) is 17.0 Å². The SMILES string of the molecule is COc1ccc(N2CC(C[n+]3ccc(-c4ccccc4)cc3)OC2=O)cc1.[Br-]. The minimum atomic E-state index is -0.313. The largest absolute Gasteiger partial charge is 1.00 e. The van der Waals surface area contributed by atoms with Gasteiger partial charge in [-0.3, -0.25) is 4.90 Å². The predicted octanol–water partition coefficient (Wildman–Crippen LogP) is 0.679. The van der Waals surface area contributed by atoms with Crippen LogP contribution in [0.15, 0.2) is 79.1 Å². The standard InChI is InChI=1S/C22H21N2O3.BrH/c1-26-20-9-7-19(8-10-20)24-16-21(27-22(24)25)15-23-13-11-18(12-14-23)17-5-3-2-4-6-17;/h2-14,21H,15-16H2,1H3;1H/q+1;/p-1. The number of aromatic nitrogens is 1. The zero-order valence-electron chi connectivity index (χ0n) is 15.5. The minimum absolute atomic E-state index is 0. The molecule has 1 aromatic heterocycles. The lowest BCUT2D eigenvalue weighted by Crippen LogP contribution is -3.00. The van der Waals surface area contributed by atoms with E-state index in [9.17, 15) is 4.79 Å². The Morgan fingerprint density at radius 2 is 1.64 bits per heavy atom. The molecule has 0 N–H and O–H groups in total. The third kappa shape index (κ3) is 4.34. The van der Waals surface area contributed by atoms with Crippen molar-refractivity contribution in [1.82, 2.24) is 0 Å². The number of halogens is 1. The Morgan fingerprint density at radius 1 is 1.00 bits per heavy atom. The number of benzene rings is 2. The molecule has 0 saturated carbocycles. The Bertz CT molecular complexity index is 915. The van der Waals surface area contributed by atoms with Crippen molar-refractivity contribution in [3.63, 3.8) is 0 Å². The third-order valence-electron chi connectivity index (χ3n) is 4.67. The number of methoxy groups -OCH3 is 1. The van der Waals surface area contributed by atoms with Crippen LogP contribution in [-0.4, -0.2) is 25.9 Å². The van der Waals surface area contributed by atoms with E-state index in [4.69, 9.17) is 9.47 Å². The molecule has 2 heterocycles. The summed E-state index contributed by atoms with van der Waals surface area (Å²) < 4.78 is 12.7. The molecule has 1 saturated heterocycles. The van der Waals surface area contributed by atoms with Gasteiger partial charge in [-0.05, 0) is 35.4 Å². The highest BCUT2D eigenvalue weighted by atomic mass is 79.9. The fourth-order valence-electron chi connectivity index (χ4n) is 3.23. The first-order chi connectivity index (χ1) is 13.2. The highest BCUT2D eigenvalue weighted by Gasteiger charge is 2.34. The van der Waals surface area contributed by atoms with Gasteiger partial charge in [-0.2, -0.15) is 0 Å². The molecule has 1 unspecified atom stereocenters. The van der Waals surface area contributed by atoms with Crippen molar-refractivity contribution in [3.05, 3.63) is 79.1 Å². The molecule has 1 atom stereocenters. The van der Waals surface area contributed by atoms with Gasteiger partial charge in [0.15, 0.2) is 25.0 Å². The third-order valence-corrected chi connectivity index (χ3v) is 4.67. The van der Waals surface area contributed by atoms with Gasteiger partial charge in [0.25, 0.3) is 0 Å². The summed E-state index contributed by atoms with van der Waals surface area (Å²) in [4.78, 5) is 13.9. The fraction of sp³-hybridized carbons (Fsp3) is 0.182. The van der Waals surface area contributed by atoms with Crippen LogP contribution in [0.5, 0.6) is 5.75 Å². The maximum atomic E-state index is 12.2. The summed E-state index contributed by atoms with van der Waals surface area (Å²) in [5, 5.41) is 0. The zero-order chi connectivity index (χ0) is 18.6. The summed E-state index contributed by atoms with van der Waals surface area (Å²) in [7, 11) is 1.62. The van der Waals surface area contributed by atoms with Crippen LogP contribution in [0.1, 0.15) is 0 Å². The first-order valence-corrected chi connectivity index (χ1v) is 8.89. The average molecular weight is 441 g/mol. The van der Waals surface area contributed by atoms with Crippen molar-refractivity contribution < 1.29 is 35.8 Å². The van der Waals surface area contributed by atoms with Crippen molar-refractivity contribution in [3.8, 4) is 16.9 Å². The summed E-state index contributed by atoms with van der Waals surface area (Å²) in [6.45, 7) is 1.14. The Balaban J connectivity index is 0.00000225. The van der Waals surface area contributed by atoms with Crippen LogP contribution in [0.3, 0.4) is 0 Å². The first kappa shape index (κ1) is 19.9. The molecule has 0 aliphatic carbocycles. The monoisotopic (exact) mass is 440 g/mol. The molecule has 4 rings (SSSR count). The number of cyclic esters (lactones) is 1. The first-order valence-electron chi connectivity index (χ1n) is 8.89. The van der Waals surface area contributed by atoms with Crippen LogP contribution in [0.4, 0.5) is 10.5 Å². The molecule has 2 aromatic carbocycles. The molecule has 1 aliphatic rings. The number of anilines is 1. The van der Waals surface area contributed by atoms with E-state index in [1.165, 1.54) is 5.56 Å². The summed E-state index contributed by atoms with van der Waals surface area (Å²) in [5.41, 5.74) is 3.16. The Hall–Kier alpha value is -2.86. The second-order valence-corrected chi connectivity index (χ2v) is 6.46. The van der Waals surface area contributed by atoms with Gasteiger partial charge < -0.3 is 26.5 Å². The van der Waals surface area contributed by atoms with E-state index < -0.39 is 0 Å². The Labute approximate surface area is 174 Å². The number of nitrogens with zero attached hydrogens (tertiary/aromatic N) is 2.